The molecule has 2 rings (SSSR count). The molecule has 1 saturated heterocycles. The summed E-state index contributed by atoms with van der Waals surface area (Å²) >= 11 is 3.39. The number of aryl methyl sites for hydroxylation is 1. The van der Waals surface area contributed by atoms with E-state index in [1.54, 1.807) is 0 Å². The van der Waals surface area contributed by atoms with Crippen molar-refractivity contribution in [1.29, 1.82) is 0 Å². The van der Waals surface area contributed by atoms with Gasteiger partial charge in [0.15, 0.2) is 0 Å². The normalized spacial score (nSPS) is 19.0. The van der Waals surface area contributed by atoms with Crippen LogP contribution >= 0.6 is 28.3 Å². The Balaban J connectivity index is 0.00000144. The summed E-state index contributed by atoms with van der Waals surface area (Å²) < 4.78 is 0.935. The number of halogens is 2. The number of hydrogen-bond donors (Lipinski definition) is 1. The van der Waals surface area contributed by atoms with Crippen LogP contribution in [0, 0.1) is 6.92 Å². The van der Waals surface area contributed by atoms with Gasteiger partial charge in [0.05, 0.1) is 0 Å². The van der Waals surface area contributed by atoms with Crippen LogP contribution in [-0.4, -0.2) is 29.9 Å². The molecule has 1 heterocycles. The highest BCUT2D eigenvalue weighted by molar-refractivity contribution is 9.10. The van der Waals surface area contributed by atoms with Gasteiger partial charge in [-0.25, -0.2) is 0 Å². The highest BCUT2D eigenvalue weighted by Crippen LogP contribution is 2.19. The molecule has 1 amide bonds. The molecule has 17 heavy (non-hydrogen) atoms. The second kappa shape index (κ2) is 5.85. The van der Waals surface area contributed by atoms with E-state index in [0.717, 1.165) is 28.6 Å². The van der Waals surface area contributed by atoms with Gasteiger partial charge in [0.25, 0.3) is 5.91 Å². The molecule has 1 aromatic rings. The van der Waals surface area contributed by atoms with E-state index < -0.39 is 0 Å². The standard InChI is InChI=1S/C12H15BrN2O.ClH/c1-8-2-3-9(13)6-11(8)12(16)15-5-4-10(14)7-15;/h2-3,6,10H,4-5,7,14H2,1H3;1H/t10-;/m1./s1. The number of nitrogens with zero attached hydrogens (tertiary/aromatic N) is 1. The smallest absolute Gasteiger partial charge is 0.254 e. The quantitative estimate of drug-likeness (QED) is 0.863. The van der Waals surface area contributed by atoms with Gasteiger partial charge in [-0.3, -0.25) is 4.79 Å². The van der Waals surface area contributed by atoms with E-state index in [0.29, 0.717) is 6.54 Å². The maximum Gasteiger partial charge on any atom is 0.254 e. The van der Waals surface area contributed by atoms with Gasteiger partial charge in [-0.05, 0) is 31.0 Å². The zero-order valence-electron chi connectivity index (χ0n) is 9.65. The van der Waals surface area contributed by atoms with Gasteiger partial charge in [-0.15, -0.1) is 12.4 Å². The van der Waals surface area contributed by atoms with E-state index in [1.807, 2.05) is 30.0 Å². The number of benzene rings is 1. The Morgan fingerprint density at radius 2 is 2.24 bits per heavy atom. The molecule has 3 nitrogen and oxygen atoms in total. The third-order valence-corrected chi connectivity index (χ3v) is 3.44. The Kier molecular flexibility index (Phi) is 4.98. The maximum absolute atomic E-state index is 12.2. The van der Waals surface area contributed by atoms with Gasteiger partial charge in [-0.2, -0.15) is 0 Å². The van der Waals surface area contributed by atoms with E-state index >= 15 is 0 Å². The Bertz CT molecular complexity index is 425. The third kappa shape index (κ3) is 3.21. The zero-order valence-corrected chi connectivity index (χ0v) is 12.1. The monoisotopic (exact) mass is 318 g/mol. The molecule has 5 heteroatoms. The van der Waals surface area contributed by atoms with Gasteiger partial charge in [-0.1, -0.05) is 22.0 Å². The first kappa shape index (κ1) is 14.5. The lowest BCUT2D eigenvalue weighted by atomic mass is 10.1. The average Bonchev–Trinajstić information content (AvgIpc) is 2.67. The molecule has 0 aromatic heterocycles. The fourth-order valence-electron chi connectivity index (χ4n) is 1.97. The van der Waals surface area contributed by atoms with Crippen LogP contribution in [0.25, 0.3) is 0 Å². The lowest BCUT2D eigenvalue weighted by Crippen LogP contribution is -2.32. The molecule has 0 aliphatic carbocycles. The lowest BCUT2D eigenvalue weighted by Gasteiger charge is -2.17. The van der Waals surface area contributed by atoms with E-state index in [1.165, 1.54) is 0 Å². The van der Waals surface area contributed by atoms with Crippen LogP contribution in [-0.2, 0) is 0 Å². The largest absolute Gasteiger partial charge is 0.337 e. The van der Waals surface area contributed by atoms with Crippen molar-refractivity contribution in [2.24, 2.45) is 5.73 Å². The van der Waals surface area contributed by atoms with Crippen molar-refractivity contribution >= 4 is 34.2 Å². The summed E-state index contributed by atoms with van der Waals surface area (Å²) in [5, 5.41) is 0. The maximum atomic E-state index is 12.2. The summed E-state index contributed by atoms with van der Waals surface area (Å²) in [5.74, 6) is 0.0896. The van der Waals surface area contributed by atoms with E-state index in [2.05, 4.69) is 15.9 Å². The Labute approximate surface area is 116 Å². The summed E-state index contributed by atoms with van der Waals surface area (Å²) in [7, 11) is 0. The molecule has 1 atom stereocenters. The molecular formula is C12H16BrClN2O. The highest BCUT2D eigenvalue weighted by atomic mass is 79.9. The van der Waals surface area contributed by atoms with Crippen LogP contribution in [0.15, 0.2) is 22.7 Å². The van der Waals surface area contributed by atoms with Gasteiger partial charge in [0.2, 0.25) is 0 Å². The molecule has 0 bridgehead atoms. The van der Waals surface area contributed by atoms with Crippen LogP contribution < -0.4 is 5.73 Å². The van der Waals surface area contributed by atoms with Crippen molar-refractivity contribution in [3.63, 3.8) is 0 Å². The summed E-state index contributed by atoms with van der Waals surface area (Å²) in [6.07, 6.45) is 0.902. The number of carbonyl (C=O) groups excluding carboxylic acids is 1. The average molecular weight is 320 g/mol. The molecular weight excluding hydrogens is 304 g/mol. The van der Waals surface area contributed by atoms with Crippen LogP contribution in [0.1, 0.15) is 22.3 Å². The molecule has 2 N–H and O–H groups in total. The van der Waals surface area contributed by atoms with Crippen molar-refractivity contribution in [2.45, 2.75) is 19.4 Å². The Morgan fingerprint density at radius 1 is 1.53 bits per heavy atom. The summed E-state index contributed by atoms with van der Waals surface area (Å²) in [5.41, 5.74) is 7.58. The predicted molar refractivity (Wildman–Crippen MR) is 74.6 cm³/mol. The minimum Gasteiger partial charge on any atom is -0.337 e. The SMILES string of the molecule is Cc1ccc(Br)cc1C(=O)N1CC[C@@H](N)C1.Cl. The van der Waals surface area contributed by atoms with Gasteiger partial charge < -0.3 is 10.6 Å². The number of carbonyl (C=O) groups is 1. The number of rotatable bonds is 1. The highest BCUT2D eigenvalue weighted by Gasteiger charge is 2.25. The summed E-state index contributed by atoms with van der Waals surface area (Å²) in [6.45, 7) is 3.40. The molecule has 94 valence electrons. The molecule has 0 unspecified atom stereocenters. The molecule has 1 aliphatic rings. The van der Waals surface area contributed by atoms with Crippen LogP contribution in [0.3, 0.4) is 0 Å². The molecule has 1 aliphatic heterocycles. The van der Waals surface area contributed by atoms with Gasteiger partial charge >= 0.3 is 0 Å². The number of nitrogens with two attached hydrogens (primary N) is 1. The molecule has 0 saturated carbocycles. The third-order valence-electron chi connectivity index (χ3n) is 2.94. The van der Waals surface area contributed by atoms with Crippen molar-refractivity contribution in [2.75, 3.05) is 13.1 Å². The van der Waals surface area contributed by atoms with Crippen LogP contribution in [0.2, 0.25) is 0 Å². The van der Waals surface area contributed by atoms with Crippen LogP contribution in [0.4, 0.5) is 0 Å². The fraction of sp³-hybridized carbons (Fsp3) is 0.417. The van der Waals surface area contributed by atoms with Crippen molar-refractivity contribution in [3.8, 4) is 0 Å². The van der Waals surface area contributed by atoms with Crippen molar-refractivity contribution in [3.05, 3.63) is 33.8 Å². The molecule has 0 radical (unpaired) electrons. The molecule has 1 fully saturated rings. The van der Waals surface area contributed by atoms with Gasteiger partial charge in [0, 0.05) is 29.2 Å². The van der Waals surface area contributed by atoms with E-state index in [4.69, 9.17) is 5.73 Å². The fourth-order valence-corrected chi connectivity index (χ4v) is 2.33. The molecule has 0 spiro atoms. The minimum atomic E-state index is 0. The van der Waals surface area contributed by atoms with Crippen LogP contribution in [0.5, 0.6) is 0 Å². The van der Waals surface area contributed by atoms with Crippen molar-refractivity contribution in [1.82, 2.24) is 4.90 Å². The first-order valence-electron chi connectivity index (χ1n) is 5.39. The predicted octanol–water partition coefficient (Wildman–Crippen LogP) is 2.35. The van der Waals surface area contributed by atoms with Crippen molar-refractivity contribution < 1.29 is 4.79 Å². The molecule has 1 aromatic carbocycles. The Morgan fingerprint density at radius 3 is 2.82 bits per heavy atom. The van der Waals surface area contributed by atoms with Gasteiger partial charge in [0.1, 0.15) is 0 Å². The number of amides is 1. The Hall–Kier alpha value is -0.580. The topological polar surface area (TPSA) is 46.3 Å². The number of hydrogen-bond acceptors (Lipinski definition) is 2. The summed E-state index contributed by atoms with van der Waals surface area (Å²) in [4.78, 5) is 14.0. The minimum absolute atomic E-state index is 0. The first-order valence-corrected chi connectivity index (χ1v) is 6.18. The first-order chi connectivity index (χ1) is 7.58. The van der Waals surface area contributed by atoms with E-state index in [9.17, 15) is 4.79 Å². The number of likely N-dealkylation sites (tertiary alicyclic amines) is 1. The zero-order chi connectivity index (χ0) is 11.7. The lowest BCUT2D eigenvalue weighted by molar-refractivity contribution is 0.0790. The van der Waals surface area contributed by atoms with E-state index in [-0.39, 0.29) is 24.4 Å². The summed E-state index contributed by atoms with van der Waals surface area (Å²) in [6, 6.07) is 5.91. The second-order valence-electron chi connectivity index (χ2n) is 4.26. The second-order valence-corrected chi connectivity index (χ2v) is 5.17.